The molecule has 0 saturated heterocycles. The fourth-order valence-electron chi connectivity index (χ4n) is 2.80. The first-order valence-electron chi connectivity index (χ1n) is 8.55. The Balaban J connectivity index is 1.57. The number of rotatable bonds is 6. The molecule has 0 bridgehead atoms. The third-order valence-corrected chi connectivity index (χ3v) is 4.06. The Morgan fingerprint density at radius 3 is 2.50 bits per heavy atom. The lowest BCUT2D eigenvalue weighted by Crippen LogP contribution is -2.30. The maximum Gasteiger partial charge on any atom is 0.260 e. The summed E-state index contributed by atoms with van der Waals surface area (Å²) in [6.45, 7) is 4.53. The number of aryl methyl sites for hydroxylation is 2. The van der Waals surface area contributed by atoms with E-state index in [2.05, 4.69) is 11.2 Å². The van der Waals surface area contributed by atoms with Crippen LogP contribution in [0.5, 0.6) is 5.75 Å². The molecule has 5 heteroatoms. The van der Waals surface area contributed by atoms with Gasteiger partial charge in [-0.1, -0.05) is 24.3 Å². The number of aromatic nitrogens is 2. The SMILES string of the molecule is Cc1cc(C)cc(OCC(=O)N(C)Cc2cnn(-c3ccccc3)c2)c1. The topological polar surface area (TPSA) is 47.4 Å². The first-order valence-corrected chi connectivity index (χ1v) is 8.55. The van der Waals surface area contributed by atoms with Gasteiger partial charge < -0.3 is 9.64 Å². The highest BCUT2D eigenvalue weighted by molar-refractivity contribution is 5.77. The highest BCUT2D eigenvalue weighted by Crippen LogP contribution is 2.16. The van der Waals surface area contributed by atoms with Crippen LogP contribution in [0.25, 0.3) is 5.69 Å². The average Bonchev–Trinajstić information content (AvgIpc) is 3.08. The number of likely N-dealkylation sites (N-methyl/N-ethyl adjacent to an activating group) is 1. The Kier molecular flexibility index (Phi) is 5.37. The maximum absolute atomic E-state index is 12.3. The lowest BCUT2D eigenvalue weighted by Gasteiger charge is -2.17. The van der Waals surface area contributed by atoms with Crippen molar-refractivity contribution in [2.24, 2.45) is 0 Å². The van der Waals surface area contributed by atoms with Gasteiger partial charge in [-0.3, -0.25) is 4.79 Å². The Labute approximate surface area is 153 Å². The molecule has 26 heavy (non-hydrogen) atoms. The number of para-hydroxylation sites is 1. The van der Waals surface area contributed by atoms with Gasteiger partial charge >= 0.3 is 0 Å². The molecular weight excluding hydrogens is 326 g/mol. The van der Waals surface area contributed by atoms with E-state index < -0.39 is 0 Å². The van der Waals surface area contributed by atoms with Crippen LogP contribution in [-0.2, 0) is 11.3 Å². The van der Waals surface area contributed by atoms with Gasteiger partial charge in [-0.15, -0.1) is 0 Å². The first-order chi connectivity index (χ1) is 12.5. The van der Waals surface area contributed by atoms with Crippen LogP contribution in [0, 0.1) is 13.8 Å². The summed E-state index contributed by atoms with van der Waals surface area (Å²) < 4.78 is 7.46. The zero-order chi connectivity index (χ0) is 18.5. The van der Waals surface area contributed by atoms with Crippen LogP contribution in [0.4, 0.5) is 0 Å². The number of ether oxygens (including phenoxy) is 1. The van der Waals surface area contributed by atoms with Crippen molar-refractivity contribution >= 4 is 5.91 Å². The largest absolute Gasteiger partial charge is 0.484 e. The Bertz CT molecular complexity index is 867. The molecule has 0 N–H and O–H groups in total. The smallest absolute Gasteiger partial charge is 0.260 e. The molecule has 0 aliphatic carbocycles. The van der Waals surface area contributed by atoms with Crippen molar-refractivity contribution in [2.75, 3.05) is 13.7 Å². The summed E-state index contributed by atoms with van der Waals surface area (Å²) in [4.78, 5) is 14.0. The maximum atomic E-state index is 12.3. The number of hydrogen-bond acceptors (Lipinski definition) is 3. The molecule has 134 valence electrons. The van der Waals surface area contributed by atoms with E-state index >= 15 is 0 Å². The predicted octanol–water partition coefficient (Wildman–Crippen LogP) is 3.53. The molecule has 1 heterocycles. The molecule has 0 spiro atoms. The van der Waals surface area contributed by atoms with E-state index in [0.717, 1.165) is 28.1 Å². The zero-order valence-corrected chi connectivity index (χ0v) is 15.3. The molecule has 3 aromatic rings. The molecular formula is C21H23N3O2. The monoisotopic (exact) mass is 349 g/mol. The summed E-state index contributed by atoms with van der Waals surface area (Å²) in [6.07, 6.45) is 3.71. The molecule has 5 nitrogen and oxygen atoms in total. The third-order valence-electron chi connectivity index (χ3n) is 4.06. The summed E-state index contributed by atoms with van der Waals surface area (Å²) in [5, 5.41) is 4.36. The number of hydrogen-bond donors (Lipinski definition) is 0. The van der Waals surface area contributed by atoms with E-state index in [9.17, 15) is 4.79 Å². The van der Waals surface area contributed by atoms with Crippen LogP contribution < -0.4 is 4.74 Å². The van der Waals surface area contributed by atoms with Crippen molar-refractivity contribution in [3.8, 4) is 11.4 Å². The predicted molar refractivity (Wildman–Crippen MR) is 101 cm³/mol. The molecule has 0 fully saturated rings. The second kappa shape index (κ2) is 7.87. The van der Waals surface area contributed by atoms with Crippen molar-refractivity contribution in [3.63, 3.8) is 0 Å². The van der Waals surface area contributed by atoms with Gasteiger partial charge in [0.1, 0.15) is 5.75 Å². The van der Waals surface area contributed by atoms with Crippen LogP contribution in [0.15, 0.2) is 60.9 Å². The molecule has 3 rings (SSSR count). The highest BCUT2D eigenvalue weighted by Gasteiger charge is 2.12. The van der Waals surface area contributed by atoms with Crippen molar-refractivity contribution in [1.29, 1.82) is 0 Å². The summed E-state index contributed by atoms with van der Waals surface area (Å²) in [7, 11) is 1.77. The third kappa shape index (κ3) is 4.51. The summed E-state index contributed by atoms with van der Waals surface area (Å²) in [5.41, 5.74) is 4.20. The van der Waals surface area contributed by atoms with Crippen molar-refractivity contribution < 1.29 is 9.53 Å². The van der Waals surface area contributed by atoms with Crippen LogP contribution in [-0.4, -0.2) is 34.2 Å². The lowest BCUT2D eigenvalue weighted by molar-refractivity contribution is -0.132. The minimum absolute atomic E-state index is 0.0201. The van der Waals surface area contributed by atoms with Crippen molar-refractivity contribution in [3.05, 3.63) is 77.6 Å². The van der Waals surface area contributed by atoms with Crippen molar-refractivity contribution in [2.45, 2.75) is 20.4 Å². The molecule has 0 radical (unpaired) electrons. The molecule has 1 amide bonds. The summed E-state index contributed by atoms with van der Waals surface area (Å²) in [5.74, 6) is 0.651. The van der Waals surface area contributed by atoms with Crippen LogP contribution in [0.1, 0.15) is 16.7 Å². The summed E-state index contributed by atoms with van der Waals surface area (Å²) >= 11 is 0. The molecule has 1 aromatic heterocycles. The molecule has 2 aromatic carbocycles. The van der Waals surface area contributed by atoms with E-state index in [1.165, 1.54) is 0 Å². The van der Waals surface area contributed by atoms with Crippen LogP contribution >= 0.6 is 0 Å². The normalized spacial score (nSPS) is 10.6. The lowest BCUT2D eigenvalue weighted by atomic mass is 10.1. The Morgan fingerprint density at radius 1 is 1.12 bits per heavy atom. The number of benzene rings is 2. The van der Waals surface area contributed by atoms with E-state index in [1.54, 1.807) is 22.8 Å². The van der Waals surface area contributed by atoms with Gasteiger partial charge in [0, 0.05) is 25.4 Å². The van der Waals surface area contributed by atoms with Gasteiger partial charge in [0.15, 0.2) is 6.61 Å². The van der Waals surface area contributed by atoms with Gasteiger partial charge in [-0.05, 0) is 49.2 Å². The number of nitrogens with zero attached hydrogens (tertiary/aromatic N) is 3. The number of carbonyl (C=O) groups is 1. The van der Waals surface area contributed by atoms with Crippen LogP contribution in [0.3, 0.4) is 0 Å². The van der Waals surface area contributed by atoms with Gasteiger partial charge in [0.05, 0.1) is 11.9 Å². The minimum atomic E-state index is -0.0726. The van der Waals surface area contributed by atoms with E-state index in [0.29, 0.717) is 6.54 Å². The number of amides is 1. The van der Waals surface area contributed by atoms with E-state index in [4.69, 9.17) is 4.74 Å². The zero-order valence-electron chi connectivity index (χ0n) is 15.3. The molecule has 0 aliphatic rings. The van der Waals surface area contributed by atoms with Crippen LogP contribution in [0.2, 0.25) is 0 Å². The second-order valence-corrected chi connectivity index (χ2v) is 6.49. The molecule has 0 aliphatic heterocycles. The van der Waals surface area contributed by atoms with Gasteiger partial charge in [0.25, 0.3) is 5.91 Å². The number of carbonyl (C=O) groups excluding carboxylic acids is 1. The molecule has 0 unspecified atom stereocenters. The van der Waals surface area contributed by atoms with Crippen molar-refractivity contribution in [1.82, 2.24) is 14.7 Å². The Morgan fingerprint density at radius 2 is 1.81 bits per heavy atom. The average molecular weight is 349 g/mol. The standard InChI is InChI=1S/C21H23N3O2/c1-16-9-17(2)11-20(10-16)26-15-21(25)23(3)13-18-12-22-24(14-18)19-7-5-4-6-8-19/h4-12,14H,13,15H2,1-3H3. The van der Waals surface area contributed by atoms with Gasteiger partial charge in [-0.25, -0.2) is 4.68 Å². The molecule has 0 saturated carbocycles. The van der Waals surface area contributed by atoms with Gasteiger partial charge in [0.2, 0.25) is 0 Å². The summed E-state index contributed by atoms with van der Waals surface area (Å²) in [6, 6.07) is 15.8. The minimum Gasteiger partial charge on any atom is -0.484 e. The highest BCUT2D eigenvalue weighted by atomic mass is 16.5. The fourth-order valence-corrected chi connectivity index (χ4v) is 2.80. The van der Waals surface area contributed by atoms with Gasteiger partial charge in [-0.2, -0.15) is 5.10 Å². The molecule has 0 atom stereocenters. The van der Waals surface area contributed by atoms with E-state index in [1.807, 2.05) is 62.5 Å². The fraction of sp³-hybridized carbons (Fsp3) is 0.238. The first kappa shape index (κ1) is 17.7. The quantitative estimate of drug-likeness (QED) is 0.684. The van der Waals surface area contributed by atoms with E-state index in [-0.39, 0.29) is 12.5 Å². The second-order valence-electron chi connectivity index (χ2n) is 6.49. The Hall–Kier alpha value is -3.08.